The summed E-state index contributed by atoms with van der Waals surface area (Å²) in [6, 6.07) is 7.45. The topological polar surface area (TPSA) is 86.5 Å². The zero-order valence-corrected chi connectivity index (χ0v) is 15.0. The largest absolute Gasteiger partial charge is 0.493 e. The minimum Gasteiger partial charge on any atom is -0.493 e. The third-order valence-corrected chi connectivity index (χ3v) is 3.86. The standard InChI is InChI=1S/C18H24N2O5/c1-12(14-6-5-7-25-14)19-11-17(21)20-10-13-8-15(22-2)18(24-4)16(9-13)23-3/h5-9,12,19H,10-11H2,1-4H3,(H,20,21)/p+1/t12-/m0/s1. The Labute approximate surface area is 147 Å². The highest BCUT2D eigenvalue weighted by Crippen LogP contribution is 2.38. The van der Waals surface area contributed by atoms with Crippen molar-refractivity contribution in [1.82, 2.24) is 5.32 Å². The van der Waals surface area contributed by atoms with Crippen molar-refractivity contribution < 1.29 is 28.7 Å². The van der Waals surface area contributed by atoms with E-state index >= 15 is 0 Å². The Bertz CT molecular complexity index is 660. The molecule has 136 valence electrons. The third-order valence-electron chi connectivity index (χ3n) is 3.86. The molecule has 0 saturated carbocycles. The van der Waals surface area contributed by atoms with Gasteiger partial charge in [-0.2, -0.15) is 0 Å². The molecule has 0 radical (unpaired) electrons. The molecule has 1 aromatic heterocycles. The summed E-state index contributed by atoms with van der Waals surface area (Å²) >= 11 is 0. The van der Waals surface area contributed by atoms with E-state index in [-0.39, 0.29) is 11.9 Å². The first-order chi connectivity index (χ1) is 12.1. The molecular formula is C18H25N2O5+. The van der Waals surface area contributed by atoms with Crippen LogP contribution in [-0.4, -0.2) is 33.8 Å². The van der Waals surface area contributed by atoms with Crippen molar-refractivity contribution in [3.63, 3.8) is 0 Å². The van der Waals surface area contributed by atoms with Gasteiger partial charge in [0.1, 0.15) is 6.04 Å². The van der Waals surface area contributed by atoms with E-state index in [2.05, 4.69) is 5.32 Å². The fraction of sp³-hybridized carbons (Fsp3) is 0.389. The number of hydrogen-bond acceptors (Lipinski definition) is 5. The minimum atomic E-state index is -0.0628. The van der Waals surface area contributed by atoms with Gasteiger partial charge < -0.3 is 29.3 Å². The second-order valence-corrected chi connectivity index (χ2v) is 5.55. The first-order valence-electron chi connectivity index (χ1n) is 8.01. The Morgan fingerprint density at radius 3 is 2.40 bits per heavy atom. The Balaban J connectivity index is 1.90. The van der Waals surface area contributed by atoms with Crippen molar-refractivity contribution in [2.75, 3.05) is 27.9 Å². The summed E-state index contributed by atoms with van der Waals surface area (Å²) in [5.74, 6) is 2.43. The first kappa shape index (κ1) is 18.7. The lowest BCUT2D eigenvalue weighted by atomic mass is 10.1. The molecule has 1 aromatic carbocycles. The molecule has 1 amide bonds. The molecule has 0 fully saturated rings. The SMILES string of the molecule is COc1cc(CNC(=O)C[NH2+][C@@H](C)c2ccco2)cc(OC)c1OC. The predicted molar refractivity (Wildman–Crippen MR) is 91.9 cm³/mol. The van der Waals surface area contributed by atoms with Gasteiger partial charge in [-0.25, -0.2) is 0 Å². The summed E-state index contributed by atoms with van der Waals surface area (Å²) in [4.78, 5) is 12.1. The summed E-state index contributed by atoms with van der Waals surface area (Å²) < 4.78 is 21.2. The summed E-state index contributed by atoms with van der Waals surface area (Å²) in [7, 11) is 4.67. The van der Waals surface area contributed by atoms with Crippen molar-refractivity contribution in [2.24, 2.45) is 0 Å². The predicted octanol–water partition coefficient (Wildman–Crippen LogP) is 1.25. The molecular weight excluding hydrogens is 324 g/mol. The number of benzene rings is 1. The van der Waals surface area contributed by atoms with Gasteiger partial charge in [0.15, 0.2) is 23.8 Å². The van der Waals surface area contributed by atoms with Gasteiger partial charge in [-0.05, 0) is 36.8 Å². The summed E-state index contributed by atoms with van der Waals surface area (Å²) in [5, 5.41) is 4.81. The maximum atomic E-state index is 12.1. The third kappa shape index (κ3) is 4.90. The van der Waals surface area contributed by atoms with E-state index in [4.69, 9.17) is 18.6 Å². The number of rotatable bonds is 9. The van der Waals surface area contributed by atoms with Gasteiger partial charge >= 0.3 is 0 Å². The Kier molecular flexibility index (Phi) is 6.71. The normalized spacial score (nSPS) is 11.7. The maximum absolute atomic E-state index is 12.1. The number of carbonyl (C=O) groups is 1. The van der Waals surface area contributed by atoms with Crippen molar-refractivity contribution in [2.45, 2.75) is 19.5 Å². The average molecular weight is 349 g/mol. The molecule has 7 nitrogen and oxygen atoms in total. The Morgan fingerprint density at radius 1 is 1.20 bits per heavy atom. The lowest BCUT2D eigenvalue weighted by Crippen LogP contribution is -2.86. The van der Waals surface area contributed by atoms with Gasteiger partial charge in [0.05, 0.1) is 27.6 Å². The van der Waals surface area contributed by atoms with E-state index in [1.807, 2.05) is 36.5 Å². The lowest BCUT2D eigenvalue weighted by molar-refractivity contribution is -0.684. The monoisotopic (exact) mass is 349 g/mol. The van der Waals surface area contributed by atoms with E-state index < -0.39 is 0 Å². The quantitative estimate of drug-likeness (QED) is 0.711. The number of nitrogens with one attached hydrogen (secondary N) is 1. The summed E-state index contributed by atoms with van der Waals surface area (Å²) in [6.07, 6.45) is 1.63. The highest BCUT2D eigenvalue weighted by atomic mass is 16.5. The number of ether oxygens (including phenoxy) is 3. The van der Waals surface area contributed by atoms with E-state index in [0.717, 1.165) is 11.3 Å². The molecule has 7 heteroatoms. The first-order valence-corrected chi connectivity index (χ1v) is 8.01. The zero-order valence-electron chi connectivity index (χ0n) is 15.0. The van der Waals surface area contributed by atoms with Crippen LogP contribution in [0.5, 0.6) is 17.2 Å². The summed E-state index contributed by atoms with van der Waals surface area (Å²) in [6.45, 7) is 2.68. The fourth-order valence-electron chi connectivity index (χ4n) is 2.46. The van der Waals surface area contributed by atoms with Crippen LogP contribution in [0.1, 0.15) is 24.3 Å². The number of nitrogens with two attached hydrogens (primary N) is 1. The van der Waals surface area contributed by atoms with Crippen molar-refractivity contribution in [1.29, 1.82) is 0 Å². The van der Waals surface area contributed by atoms with Crippen LogP contribution in [0.25, 0.3) is 0 Å². The molecule has 3 N–H and O–H groups in total. The number of furan rings is 1. The fourth-order valence-corrected chi connectivity index (χ4v) is 2.46. The Hall–Kier alpha value is -2.67. The number of hydrogen-bond donors (Lipinski definition) is 2. The van der Waals surface area contributed by atoms with Crippen LogP contribution < -0.4 is 24.8 Å². The molecule has 0 unspecified atom stereocenters. The number of carbonyl (C=O) groups excluding carboxylic acids is 1. The van der Waals surface area contributed by atoms with E-state index in [0.29, 0.717) is 30.3 Å². The molecule has 2 aromatic rings. The second kappa shape index (κ2) is 8.98. The number of quaternary nitrogens is 1. The van der Waals surface area contributed by atoms with Gasteiger partial charge in [-0.15, -0.1) is 0 Å². The molecule has 1 heterocycles. The molecule has 2 rings (SSSR count). The van der Waals surface area contributed by atoms with Gasteiger partial charge in [0.2, 0.25) is 5.75 Å². The second-order valence-electron chi connectivity index (χ2n) is 5.55. The molecule has 25 heavy (non-hydrogen) atoms. The van der Waals surface area contributed by atoms with E-state index in [1.165, 1.54) is 0 Å². The van der Waals surface area contributed by atoms with Crippen LogP contribution >= 0.6 is 0 Å². The lowest BCUT2D eigenvalue weighted by Gasteiger charge is -2.14. The van der Waals surface area contributed by atoms with E-state index in [1.54, 1.807) is 27.6 Å². The van der Waals surface area contributed by atoms with Crippen molar-refractivity contribution >= 4 is 5.91 Å². The average Bonchev–Trinajstić information content (AvgIpc) is 3.18. The molecule has 0 spiro atoms. The van der Waals surface area contributed by atoms with Crippen LogP contribution in [0.3, 0.4) is 0 Å². The van der Waals surface area contributed by atoms with Crippen LogP contribution in [-0.2, 0) is 11.3 Å². The van der Waals surface area contributed by atoms with Crippen LogP contribution in [0.2, 0.25) is 0 Å². The zero-order chi connectivity index (χ0) is 18.2. The minimum absolute atomic E-state index is 0.0628. The highest BCUT2D eigenvalue weighted by molar-refractivity contribution is 5.76. The van der Waals surface area contributed by atoms with Gasteiger partial charge in [-0.3, -0.25) is 4.79 Å². The maximum Gasteiger partial charge on any atom is 0.275 e. The number of amides is 1. The molecule has 0 bridgehead atoms. The smallest absolute Gasteiger partial charge is 0.275 e. The van der Waals surface area contributed by atoms with Gasteiger partial charge in [-0.1, -0.05) is 0 Å². The van der Waals surface area contributed by atoms with Gasteiger partial charge in [0.25, 0.3) is 5.91 Å². The molecule has 0 saturated heterocycles. The van der Waals surface area contributed by atoms with Crippen LogP contribution in [0, 0.1) is 0 Å². The summed E-state index contributed by atoms with van der Waals surface area (Å²) in [5.41, 5.74) is 0.863. The van der Waals surface area contributed by atoms with Crippen LogP contribution in [0.4, 0.5) is 0 Å². The number of methoxy groups -OCH3 is 3. The van der Waals surface area contributed by atoms with E-state index in [9.17, 15) is 4.79 Å². The molecule has 0 aliphatic heterocycles. The van der Waals surface area contributed by atoms with Crippen LogP contribution in [0.15, 0.2) is 34.9 Å². The van der Waals surface area contributed by atoms with Crippen molar-refractivity contribution in [3.05, 3.63) is 41.9 Å². The molecule has 1 atom stereocenters. The van der Waals surface area contributed by atoms with Crippen molar-refractivity contribution in [3.8, 4) is 17.2 Å². The van der Waals surface area contributed by atoms with Gasteiger partial charge in [0, 0.05) is 6.54 Å². The Morgan fingerprint density at radius 2 is 1.88 bits per heavy atom. The highest BCUT2D eigenvalue weighted by Gasteiger charge is 2.15. The molecule has 0 aliphatic rings. The molecule has 0 aliphatic carbocycles.